The van der Waals surface area contributed by atoms with Gasteiger partial charge in [-0.25, -0.2) is 21.6 Å². The molecule has 1 saturated heterocycles. The van der Waals surface area contributed by atoms with Crippen LogP contribution in [0.2, 0.25) is 10.0 Å². The van der Waals surface area contributed by atoms with E-state index in [0.717, 1.165) is 11.0 Å². The van der Waals surface area contributed by atoms with E-state index in [2.05, 4.69) is 16.6 Å². The largest absolute Gasteiger partial charge is 0.348 e. The van der Waals surface area contributed by atoms with Gasteiger partial charge in [-0.1, -0.05) is 35.8 Å². The molecule has 1 atom stereocenters. The maximum atomic E-state index is 12.9. The highest BCUT2D eigenvalue weighted by atomic mass is 35.5. The number of carbonyl (C=O) groups is 1. The molecule has 12 heteroatoms. The molecule has 8 nitrogen and oxygen atoms in total. The molecule has 1 aliphatic heterocycles. The number of sulfonamides is 2. The number of rotatable bonds is 9. The quantitative estimate of drug-likeness (QED) is 0.516. The van der Waals surface area contributed by atoms with E-state index >= 15 is 0 Å². The number of carbonyl (C=O) groups excluding carboxylic acids is 1. The predicted octanol–water partition coefficient (Wildman–Crippen LogP) is 3.00. The lowest BCUT2D eigenvalue weighted by molar-refractivity contribution is 0.0950. The van der Waals surface area contributed by atoms with E-state index in [9.17, 15) is 21.6 Å². The minimum Gasteiger partial charge on any atom is -0.348 e. The summed E-state index contributed by atoms with van der Waals surface area (Å²) in [6.07, 6.45) is 0.536. The van der Waals surface area contributed by atoms with E-state index in [0.29, 0.717) is 22.0 Å². The number of hydrogen-bond donors (Lipinski definition) is 2. The third-order valence-electron chi connectivity index (χ3n) is 5.23. The molecule has 33 heavy (non-hydrogen) atoms. The standard InChI is InChI=1S/C21H23Cl2N3O5S2/c1-2-32(28,29)25-13-16-9-10-26(14-16)33(30,31)18-6-4-17(5-7-18)21(27)24-12-15-3-8-19(22)20(23)11-15/h2-8,11,16,25H,1,9-10,12-14H2,(H,24,27)/t16-/m1/s1. The molecule has 0 unspecified atom stereocenters. The molecule has 0 spiro atoms. The maximum Gasteiger partial charge on any atom is 0.251 e. The van der Waals surface area contributed by atoms with Crippen molar-refractivity contribution in [2.24, 2.45) is 5.92 Å². The number of nitrogens with zero attached hydrogens (tertiary/aromatic N) is 1. The molecule has 2 aromatic carbocycles. The lowest BCUT2D eigenvalue weighted by Gasteiger charge is -2.17. The summed E-state index contributed by atoms with van der Waals surface area (Å²) >= 11 is 11.9. The summed E-state index contributed by atoms with van der Waals surface area (Å²) in [6.45, 7) is 4.09. The van der Waals surface area contributed by atoms with Crippen molar-refractivity contribution in [3.8, 4) is 0 Å². The van der Waals surface area contributed by atoms with Crippen molar-refractivity contribution in [2.75, 3.05) is 19.6 Å². The summed E-state index contributed by atoms with van der Waals surface area (Å²) in [5.74, 6) is -0.498. The van der Waals surface area contributed by atoms with Crippen LogP contribution in [0.25, 0.3) is 0 Å². The maximum absolute atomic E-state index is 12.9. The second-order valence-corrected chi connectivity index (χ2v) is 12.0. The van der Waals surface area contributed by atoms with Gasteiger partial charge < -0.3 is 5.32 Å². The van der Waals surface area contributed by atoms with Crippen molar-refractivity contribution in [1.82, 2.24) is 14.3 Å². The van der Waals surface area contributed by atoms with Crippen LogP contribution in [0.1, 0.15) is 22.3 Å². The normalized spacial score (nSPS) is 17.1. The monoisotopic (exact) mass is 531 g/mol. The number of nitrogens with one attached hydrogen (secondary N) is 2. The Kier molecular flexibility index (Phi) is 8.20. The van der Waals surface area contributed by atoms with Crippen LogP contribution < -0.4 is 10.0 Å². The molecule has 1 fully saturated rings. The summed E-state index contributed by atoms with van der Waals surface area (Å²) < 4.78 is 52.6. The molecular weight excluding hydrogens is 509 g/mol. The van der Waals surface area contributed by atoms with E-state index in [1.807, 2.05) is 0 Å². The fraction of sp³-hybridized carbons (Fsp3) is 0.286. The van der Waals surface area contributed by atoms with Gasteiger partial charge in [0, 0.05) is 37.2 Å². The van der Waals surface area contributed by atoms with Gasteiger partial charge >= 0.3 is 0 Å². The van der Waals surface area contributed by atoms with Gasteiger partial charge in [0.1, 0.15) is 0 Å². The topological polar surface area (TPSA) is 113 Å². The van der Waals surface area contributed by atoms with Crippen LogP contribution in [0.3, 0.4) is 0 Å². The summed E-state index contributed by atoms with van der Waals surface area (Å²) in [5.41, 5.74) is 1.09. The molecular formula is C21H23Cl2N3O5S2. The lowest BCUT2D eigenvalue weighted by Crippen LogP contribution is -2.32. The van der Waals surface area contributed by atoms with Gasteiger partial charge in [0.15, 0.2) is 0 Å². The van der Waals surface area contributed by atoms with Crippen molar-refractivity contribution < 1.29 is 21.6 Å². The summed E-state index contributed by atoms with van der Waals surface area (Å²) in [5, 5.41) is 4.38. The summed E-state index contributed by atoms with van der Waals surface area (Å²) in [4.78, 5) is 12.5. The molecule has 0 aromatic heterocycles. The first-order chi connectivity index (χ1) is 15.5. The number of halogens is 2. The van der Waals surface area contributed by atoms with E-state index in [1.54, 1.807) is 18.2 Å². The molecule has 1 amide bonds. The highest BCUT2D eigenvalue weighted by Gasteiger charge is 2.32. The van der Waals surface area contributed by atoms with Crippen molar-refractivity contribution in [2.45, 2.75) is 17.9 Å². The molecule has 1 heterocycles. The first-order valence-corrected chi connectivity index (χ1v) is 13.7. The third kappa shape index (κ3) is 6.56. The van der Waals surface area contributed by atoms with Crippen LogP contribution in [-0.2, 0) is 26.6 Å². The highest BCUT2D eigenvalue weighted by Crippen LogP contribution is 2.25. The van der Waals surface area contributed by atoms with Crippen molar-refractivity contribution in [3.05, 3.63) is 75.6 Å². The molecule has 2 N–H and O–H groups in total. The van der Waals surface area contributed by atoms with Gasteiger partial charge in [-0.2, -0.15) is 4.31 Å². The van der Waals surface area contributed by atoms with Crippen LogP contribution in [0.15, 0.2) is 59.3 Å². The van der Waals surface area contributed by atoms with Crippen LogP contribution >= 0.6 is 23.2 Å². The Morgan fingerprint density at radius 3 is 2.42 bits per heavy atom. The van der Waals surface area contributed by atoms with E-state index < -0.39 is 20.0 Å². The fourth-order valence-electron chi connectivity index (χ4n) is 3.34. The van der Waals surface area contributed by atoms with Crippen molar-refractivity contribution in [3.63, 3.8) is 0 Å². The van der Waals surface area contributed by atoms with Crippen LogP contribution in [0, 0.1) is 5.92 Å². The van der Waals surface area contributed by atoms with Gasteiger partial charge in [-0.3, -0.25) is 4.79 Å². The first kappa shape index (κ1) is 25.7. The number of amides is 1. The lowest BCUT2D eigenvalue weighted by atomic mass is 10.1. The van der Waals surface area contributed by atoms with Crippen molar-refractivity contribution >= 4 is 49.2 Å². The van der Waals surface area contributed by atoms with Crippen LogP contribution in [0.5, 0.6) is 0 Å². The van der Waals surface area contributed by atoms with Gasteiger partial charge in [-0.15, -0.1) is 0 Å². The Bertz CT molecular complexity index is 1250. The van der Waals surface area contributed by atoms with Crippen LogP contribution in [0.4, 0.5) is 0 Å². The first-order valence-electron chi connectivity index (χ1n) is 9.96. The smallest absolute Gasteiger partial charge is 0.251 e. The van der Waals surface area contributed by atoms with Crippen LogP contribution in [-0.4, -0.2) is 46.7 Å². The molecule has 3 rings (SSSR count). The molecule has 178 valence electrons. The Labute approximate surface area is 203 Å². The molecule has 0 aliphatic carbocycles. The zero-order chi connectivity index (χ0) is 24.2. The summed E-state index contributed by atoms with van der Waals surface area (Å²) in [7, 11) is -7.32. The molecule has 1 aliphatic rings. The second-order valence-electron chi connectivity index (χ2n) is 7.53. The van der Waals surface area contributed by atoms with Gasteiger partial charge in [0.05, 0.1) is 14.9 Å². The fourth-order valence-corrected chi connectivity index (χ4v) is 5.77. The number of benzene rings is 2. The van der Waals surface area contributed by atoms with Gasteiger partial charge in [-0.05, 0) is 54.3 Å². The minimum absolute atomic E-state index is 0.0656. The average molecular weight is 532 g/mol. The van der Waals surface area contributed by atoms with Gasteiger partial charge in [0.2, 0.25) is 20.0 Å². The molecule has 0 radical (unpaired) electrons. The summed E-state index contributed by atoms with van der Waals surface area (Å²) in [6, 6.07) is 10.7. The zero-order valence-corrected chi connectivity index (χ0v) is 20.6. The zero-order valence-electron chi connectivity index (χ0n) is 17.5. The van der Waals surface area contributed by atoms with E-state index in [-0.39, 0.29) is 42.9 Å². The Morgan fingerprint density at radius 1 is 1.09 bits per heavy atom. The Hall–Kier alpha value is -1.95. The molecule has 0 saturated carbocycles. The molecule has 2 aromatic rings. The number of hydrogen-bond acceptors (Lipinski definition) is 5. The highest BCUT2D eigenvalue weighted by molar-refractivity contribution is 7.92. The second kappa shape index (κ2) is 10.5. The van der Waals surface area contributed by atoms with Crippen molar-refractivity contribution in [1.29, 1.82) is 0 Å². The van der Waals surface area contributed by atoms with Gasteiger partial charge in [0.25, 0.3) is 5.91 Å². The Balaban J connectivity index is 1.59. The third-order valence-corrected chi connectivity index (χ3v) is 8.86. The SMILES string of the molecule is C=CS(=O)(=O)NC[C@H]1CCN(S(=O)(=O)c2ccc(C(=O)NCc3ccc(Cl)c(Cl)c3)cc2)C1. The average Bonchev–Trinajstić information content (AvgIpc) is 3.28. The minimum atomic E-state index is -3.76. The van der Waals surface area contributed by atoms with E-state index in [4.69, 9.17) is 23.2 Å². The van der Waals surface area contributed by atoms with E-state index in [1.165, 1.54) is 28.6 Å². The Morgan fingerprint density at radius 2 is 1.79 bits per heavy atom. The molecule has 0 bridgehead atoms. The predicted molar refractivity (Wildman–Crippen MR) is 128 cm³/mol.